The molecule has 2 heterocycles. The number of halogens is 1. The molecule has 18 heavy (non-hydrogen) atoms. The topological polar surface area (TPSA) is 80.9 Å². The molecule has 2 aromatic rings. The van der Waals surface area contributed by atoms with E-state index in [1.807, 2.05) is 6.92 Å². The standard InChI is InChI=1S/C12H11ClN4O/c1-7-4-8(6-15-5-7)16-12(18)11-9(13)2-3-10(14)17-11/h2-6H,1H3,(H2,14,17)(H,16,18). The molecule has 0 spiro atoms. The Morgan fingerprint density at radius 2 is 2.17 bits per heavy atom. The monoisotopic (exact) mass is 262 g/mol. The molecule has 3 N–H and O–H groups in total. The quantitative estimate of drug-likeness (QED) is 0.870. The van der Waals surface area contributed by atoms with Crippen LogP contribution in [0.25, 0.3) is 0 Å². The van der Waals surface area contributed by atoms with Crippen molar-refractivity contribution in [3.05, 3.63) is 46.9 Å². The lowest BCUT2D eigenvalue weighted by molar-refractivity contribution is 0.102. The molecule has 0 saturated carbocycles. The summed E-state index contributed by atoms with van der Waals surface area (Å²) in [6, 6.07) is 4.87. The second-order valence-corrected chi connectivity index (χ2v) is 4.18. The van der Waals surface area contributed by atoms with Gasteiger partial charge in [0, 0.05) is 6.20 Å². The first kappa shape index (κ1) is 12.3. The van der Waals surface area contributed by atoms with Crippen LogP contribution in [0, 0.1) is 6.92 Å². The molecule has 92 valence electrons. The first-order valence-corrected chi connectivity index (χ1v) is 5.59. The summed E-state index contributed by atoms with van der Waals surface area (Å²) >= 11 is 5.89. The lowest BCUT2D eigenvalue weighted by Gasteiger charge is -2.06. The number of rotatable bonds is 2. The zero-order chi connectivity index (χ0) is 13.1. The van der Waals surface area contributed by atoms with E-state index in [1.165, 1.54) is 12.1 Å². The van der Waals surface area contributed by atoms with E-state index < -0.39 is 5.91 Å². The molecule has 0 bridgehead atoms. The molecule has 0 aliphatic carbocycles. The van der Waals surface area contributed by atoms with Gasteiger partial charge in [0.15, 0.2) is 0 Å². The third-order valence-electron chi connectivity index (χ3n) is 2.22. The number of aromatic nitrogens is 2. The fourth-order valence-electron chi connectivity index (χ4n) is 1.43. The molecule has 0 aliphatic rings. The average Bonchev–Trinajstić information content (AvgIpc) is 2.32. The lowest BCUT2D eigenvalue weighted by Crippen LogP contribution is -2.15. The number of aryl methyl sites for hydroxylation is 1. The van der Waals surface area contributed by atoms with Gasteiger partial charge in [0.05, 0.1) is 16.9 Å². The average molecular weight is 263 g/mol. The fourth-order valence-corrected chi connectivity index (χ4v) is 1.62. The summed E-state index contributed by atoms with van der Waals surface area (Å²) < 4.78 is 0. The Hall–Kier alpha value is -2.14. The van der Waals surface area contributed by atoms with Crippen molar-refractivity contribution in [3.8, 4) is 0 Å². The first-order valence-electron chi connectivity index (χ1n) is 5.21. The van der Waals surface area contributed by atoms with Crippen LogP contribution in [0.5, 0.6) is 0 Å². The molecule has 0 aliphatic heterocycles. The van der Waals surface area contributed by atoms with Crippen molar-refractivity contribution in [1.29, 1.82) is 0 Å². The van der Waals surface area contributed by atoms with E-state index in [0.29, 0.717) is 5.69 Å². The Bertz CT molecular complexity index is 600. The maximum Gasteiger partial charge on any atom is 0.275 e. The highest BCUT2D eigenvalue weighted by Gasteiger charge is 2.13. The molecule has 5 nitrogen and oxygen atoms in total. The number of nitrogens with zero attached hydrogens (tertiary/aromatic N) is 2. The van der Waals surface area contributed by atoms with Gasteiger partial charge in [-0.1, -0.05) is 11.6 Å². The van der Waals surface area contributed by atoms with E-state index in [0.717, 1.165) is 5.56 Å². The number of amides is 1. The number of hydrogen-bond donors (Lipinski definition) is 2. The van der Waals surface area contributed by atoms with E-state index in [9.17, 15) is 4.79 Å². The Balaban J connectivity index is 2.24. The number of carbonyl (C=O) groups excluding carboxylic acids is 1. The van der Waals surface area contributed by atoms with Gasteiger partial charge in [0.25, 0.3) is 5.91 Å². The summed E-state index contributed by atoms with van der Waals surface area (Å²) in [6.45, 7) is 1.88. The second kappa shape index (κ2) is 5.01. The zero-order valence-corrected chi connectivity index (χ0v) is 10.4. The minimum atomic E-state index is -0.417. The van der Waals surface area contributed by atoms with Crippen LogP contribution in [0.1, 0.15) is 16.1 Å². The number of anilines is 2. The van der Waals surface area contributed by atoms with Gasteiger partial charge in [0.2, 0.25) is 0 Å². The van der Waals surface area contributed by atoms with E-state index in [-0.39, 0.29) is 16.5 Å². The highest BCUT2D eigenvalue weighted by Crippen LogP contribution is 2.17. The van der Waals surface area contributed by atoms with Crippen molar-refractivity contribution in [2.75, 3.05) is 11.1 Å². The maximum atomic E-state index is 12.0. The first-order chi connectivity index (χ1) is 8.56. The van der Waals surface area contributed by atoms with Gasteiger partial charge in [0.1, 0.15) is 11.5 Å². The van der Waals surface area contributed by atoms with Crippen molar-refractivity contribution >= 4 is 29.0 Å². The van der Waals surface area contributed by atoms with Crippen LogP contribution in [0.3, 0.4) is 0 Å². The molecule has 0 aromatic carbocycles. The predicted octanol–water partition coefficient (Wildman–Crippen LogP) is 2.27. The Morgan fingerprint density at radius 1 is 1.39 bits per heavy atom. The molecular weight excluding hydrogens is 252 g/mol. The Morgan fingerprint density at radius 3 is 2.89 bits per heavy atom. The summed E-state index contributed by atoms with van der Waals surface area (Å²) in [4.78, 5) is 19.8. The van der Waals surface area contributed by atoms with Crippen LogP contribution in [0.15, 0.2) is 30.6 Å². The minimum Gasteiger partial charge on any atom is -0.384 e. The molecule has 6 heteroatoms. The van der Waals surface area contributed by atoms with Crippen LogP contribution in [-0.4, -0.2) is 15.9 Å². The molecule has 0 atom stereocenters. The minimum absolute atomic E-state index is 0.0955. The van der Waals surface area contributed by atoms with E-state index >= 15 is 0 Å². The highest BCUT2D eigenvalue weighted by molar-refractivity contribution is 6.34. The Kier molecular flexibility index (Phi) is 3.43. The molecule has 2 aromatic heterocycles. The fraction of sp³-hybridized carbons (Fsp3) is 0.0833. The molecule has 0 unspecified atom stereocenters. The van der Waals surface area contributed by atoms with Gasteiger partial charge in [-0.3, -0.25) is 9.78 Å². The predicted molar refractivity (Wildman–Crippen MR) is 70.6 cm³/mol. The molecule has 0 radical (unpaired) electrons. The van der Waals surface area contributed by atoms with Crippen molar-refractivity contribution in [2.24, 2.45) is 0 Å². The van der Waals surface area contributed by atoms with Crippen LogP contribution in [0.2, 0.25) is 5.02 Å². The van der Waals surface area contributed by atoms with E-state index in [4.69, 9.17) is 17.3 Å². The van der Waals surface area contributed by atoms with Gasteiger partial charge < -0.3 is 11.1 Å². The summed E-state index contributed by atoms with van der Waals surface area (Å²) in [7, 11) is 0. The zero-order valence-electron chi connectivity index (χ0n) is 9.64. The van der Waals surface area contributed by atoms with Gasteiger partial charge in [-0.2, -0.15) is 0 Å². The SMILES string of the molecule is Cc1cncc(NC(=O)c2nc(N)ccc2Cl)c1. The molecule has 1 amide bonds. The van der Waals surface area contributed by atoms with Crippen molar-refractivity contribution in [3.63, 3.8) is 0 Å². The smallest absolute Gasteiger partial charge is 0.275 e. The summed E-state index contributed by atoms with van der Waals surface area (Å²) in [5, 5.41) is 2.92. The summed E-state index contributed by atoms with van der Waals surface area (Å²) in [5.41, 5.74) is 7.14. The third kappa shape index (κ3) is 2.75. The van der Waals surface area contributed by atoms with Gasteiger partial charge in [-0.25, -0.2) is 4.98 Å². The van der Waals surface area contributed by atoms with Gasteiger partial charge in [-0.15, -0.1) is 0 Å². The van der Waals surface area contributed by atoms with Crippen LogP contribution in [0.4, 0.5) is 11.5 Å². The van der Waals surface area contributed by atoms with E-state index in [1.54, 1.807) is 18.5 Å². The Labute approximate surface area is 109 Å². The number of hydrogen-bond acceptors (Lipinski definition) is 4. The number of carbonyl (C=O) groups is 1. The van der Waals surface area contributed by atoms with Crippen molar-refractivity contribution in [1.82, 2.24) is 9.97 Å². The largest absolute Gasteiger partial charge is 0.384 e. The summed E-state index contributed by atoms with van der Waals surface area (Å²) in [6.07, 6.45) is 3.24. The maximum absolute atomic E-state index is 12.0. The summed E-state index contributed by atoms with van der Waals surface area (Å²) in [5.74, 6) is -0.174. The van der Waals surface area contributed by atoms with Crippen LogP contribution in [-0.2, 0) is 0 Å². The van der Waals surface area contributed by atoms with Gasteiger partial charge >= 0.3 is 0 Å². The molecule has 2 rings (SSSR count). The van der Waals surface area contributed by atoms with Crippen molar-refractivity contribution in [2.45, 2.75) is 6.92 Å². The highest BCUT2D eigenvalue weighted by atomic mass is 35.5. The second-order valence-electron chi connectivity index (χ2n) is 3.77. The van der Waals surface area contributed by atoms with Crippen LogP contribution < -0.4 is 11.1 Å². The van der Waals surface area contributed by atoms with Crippen molar-refractivity contribution < 1.29 is 4.79 Å². The number of nitrogens with two attached hydrogens (primary N) is 1. The molecule has 0 saturated heterocycles. The third-order valence-corrected chi connectivity index (χ3v) is 2.52. The normalized spacial score (nSPS) is 10.1. The number of pyridine rings is 2. The lowest BCUT2D eigenvalue weighted by atomic mass is 10.3. The number of nitrogens with one attached hydrogen (secondary N) is 1. The molecule has 0 fully saturated rings. The van der Waals surface area contributed by atoms with Gasteiger partial charge in [-0.05, 0) is 30.7 Å². The number of nitrogen functional groups attached to an aromatic ring is 1. The van der Waals surface area contributed by atoms with E-state index in [2.05, 4.69) is 15.3 Å². The molecular formula is C12H11ClN4O. The van der Waals surface area contributed by atoms with Crippen LogP contribution >= 0.6 is 11.6 Å².